The zero-order valence-electron chi connectivity index (χ0n) is 9.04. The van der Waals surface area contributed by atoms with Crippen molar-refractivity contribution in [2.75, 3.05) is 26.7 Å². The molecule has 0 atom stereocenters. The normalized spacial score (nSPS) is 26.9. The number of likely N-dealkylation sites (N-methyl/N-ethyl adjacent to an activating group) is 1. The molecule has 0 aromatic carbocycles. The third-order valence-corrected chi connectivity index (χ3v) is 3.54. The summed E-state index contributed by atoms with van der Waals surface area (Å²) in [5, 5.41) is 0. The second kappa shape index (κ2) is 4.30. The molecule has 1 amide bonds. The van der Waals surface area contributed by atoms with Gasteiger partial charge in [0.25, 0.3) is 0 Å². The monoisotopic (exact) mass is 196 g/mol. The summed E-state index contributed by atoms with van der Waals surface area (Å²) in [5.74, 6) is 0.300. The van der Waals surface area contributed by atoms with E-state index in [4.69, 9.17) is 0 Å². The fraction of sp³-hybridized carbons (Fsp3) is 0.909. The van der Waals surface area contributed by atoms with Crippen LogP contribution in [0, 0.1) is 0 Å². The number of hydrogen-bond acceptors (Lipinski definition) is 2. The molecule has 2 fully saturated rings. The molecule has 3 nitrogen and oxygen atoms in total. The molecule has 0 spiro atoms. The van der Waals surface area contributed by atoms with Crippen LogP contribution in [-0.2, 0) is 4.79 Å². The van der Waals surface area contributed by atoms with Crippen LogP contribution < -0.4 is 0 Å². The Kier molecular flexibility index (Phi) is 3.06. The van der Waals surface area contributed by atoms with Gasteiger partial charge in [0.05, 0.1) is 6.54 Å². The number of rotatable bonds is 1. The van der Waals surface area contributed by atoms with Crippen LogP contribution in [0.3, 0.4) is 0 Å². The summed E-state index contributed by atoms with van der Waals surface area (Å²) in [5.41, 5.74) is 0. The summed E-state index contributed by atoms with van der Waals surface area (Å²) in [4.78, 5) is 15.9. The molecule has 3 heteroatoms. The molecule has 0 radical (unpaired) electrons. The lowest BCUT2D eigenvalue weighted by Gasteiger charge is -2.26. The van der Waals surface area contributed by atoms with Crippen LogP contribution in [0.25, 0.3) is 0 Å². The second-order valence-electron chi connectivity index (χ2n) is 4.58. The Balaban J connectivity index is 1.94. The van der Waals surface area contributed by atoms with Crippen molar-refractivity contribution >= 4 is 5.91 Å². The van der Waals surface area contributed by atoms with Crippen molar-refractivity contribution in [3.63, 3.8) is 0 Å². The molecule has 80 valence electrons. The van der Waals surface area contributed by atoms with Gasteiger partial charge in [0.2, 0.25) is 5.91 Å². The average Bonchev–Trinajstić information content (AvgIpc) is 2.63. The number of hydrogen-bond donors (Lipinski definition) is 0. The Morgan fingerprint density at radius 3 is 2.57 bits per heavy atom. The van der Waals surface area contributed by atoms with Crippen LogP contribution in [0.2, 0.25) is 0 Å². The topological polar surface area (TPSA) is 23.6 Å². The maximum Gasteiger partial charge on any atom is 0.236 e. The average molecular weight is 196 g/mol. The van der Waals surface area contributed by atoms with Crippen molar-refractivity contribution in [2.45, 2.75) is 38.1 Å². The van der Waals surface area contributed by atoms with Gasteiger partial charge < -0.3 is 4.90 Å². The zero-order chi connectivity index (χ0) is 9.97. The third-order valence-electron chi connectivity index (χ3n) is 3.54. The molecule has 0 bridgehead atoms. The van der Waals surface area contributed by atoms with Gasteiger partial charge in [-0.1, -0.05) is 12.8 Å². The first-order valence-corrected chi connectivity index (χ1v) is 5.75. The Labute approximate surface area is 86.1 Å². The maximum absolute atomic E-state index is 11.7. The third kappa shape index (κ3) is 2.08. The zero-order valence-corrected chi connectivity index (χ0v) is 9.04. The molecule has 2 aliphatic rings. The van der Waals surface area contributed by atoms with Crippen molar-refractivity contribution in [3.8, 4) is 0 Å². The van der Waals surface area contributed by atoms with Crippen molar-refractivity contribution in [1.82, 2.24) is 9.80 Å². The van der Waals surface area contributed by atoms with Crippen LogP contribution in [0.4, 0.5) is 0 Å². The molecular formula is C11H20N2O. The first kappa shape index (κ1) is 9.97. The molecular weight excluding hydrogens is 176 g/mol. The SMILES string of the molecule is CN1CCCN(C2CCCC2)CC1=O. The molecule has 1 saturated heterocycles. The van der Waals surface area contributed by atoms with Gasteiger partial charge in [-0.05, 0) is 19.3 Å². The highest BCUT2D eigenvalue weighted by Gasteiger charge is 2.26. The van der Waals surface area contributed by atoms with Crippen molar-refractivity contribution in [2.24, 2.45) is 0 Å². The summed E-state index contributed by atoms with van der Waals surface area (Å²) in [7, 11) is 1.92. The molecule has 0 N–H and O–H groups in total. The fourth-order valence-corrected chi connectivity index (χ4v) is 2.59. The summed E-state index contributed by atoms with van der Waals surface area (Å²) in [6.45, 7) is 2.70. The molecule has 1 saturated carbocycles. The molecule has 0 aromatic heterocycles. The van der Waals surface area contributed by atoms with E-state index >= 15 is 0 Å². The van der Waals surface area contributed by atoms with Crippen molar-refractivity contribution in [3.05, 3.63) is 0 Å². The molecule has 1 heterocycles. The van der Waals surface area contributed by atoms with Gasteiger partial charge in [0.1, 0.15) is 0 Å². The van der Waals surface area contributed by atoms with E-state index < -0.39 is 0 Å². The smallest absolute Gasteiger partial charge is 0.236 e. The highest BCUT2D eigenvalue weighted by Crippen LogP contribution is 2.24. The van der Waals surface area contributed by atoms with Gasteiger partial charge in [0, 0.05) is 26.2 Å². The van der Waals surface area contributed by atoms with Crippen molar-refractivity contribution in [1.29, 1.82) is 0 Å². The molecule has 1 aliphatic carbocycles. The van der Waals surface area contributed by atoms with E-state index in [1.807, 2.05) is 11.9 Å². The molecule has 1 aliphatic heterocycles. The van der Waals surface area contributed by atoms with Crippen LogP contribution in [0.15, 0.2) is 0 Å². The predicted molar refractivity (Wildman–Crippen MR) is 56.1 cm³/mol. The summed E-state index contributed by atoms with van der Waals surface area (Å²) in [6, 6.07) is 0.699. The van der Waals surface area contributed by atoms with Crippen LogP contribution in [0.1, 0.15) is 32.1 Å². The highest BCUT2D eigenvalue weighted by atomic mass is 16.2. The minimum Gasteiger partial charge on any atom is -0.345 e. The molecule has 14 heavy (non-hydrogen) atoms. The summed E-state index contributed by atoms with van der Waals surface area (Å²) in [6.07, 6.45) is 6.45. The van der Waals surface area contributed by atoms with E-state index in [0.29, 0.717) is 18.5 Å². The van der Waals surface area contributed by atoms with E-state index in [0.717, 1.165) is 19.5 Å². The van der Waals surface area contributed by atoms with Gasteiger partial charge >= 0.3 is 0 Å². The number of carbonyl (C=O) groups excluding carboxylic acids is 1. The Morgan fingerprint density at radius 2 is 1.86 bits per heavy atom. The van der Waals surface area contributed by atoms with E-state index in [9.17, 15) is 4.79 Å². The number of amides is 1. The van der Waals surface area contributed by atoms with Gasteiger partial charge in [-0.2, -0.15) is 0 Å². The lowest BCUT2D eigenvalue weighted by molar-refractivity contribution is -0.130. The highest BCUT2D eigenvalue weighted by molar-refractivity contribution is 5.78. The van der Waals surface area contributed by atoms with E-state index in [-0.39, 0.29) is 0 Å². The number of carbonyl (C=O) groups is 1. The Hall–Kier alpha value is -0.570. The quantitative estimate of drug-likeness (QED) is 0.627. The summed E-state index contributed by atoms with van der Waals surface area (Å²) >= 11 is 0. The predicted octanol–water partition coefficient (Wildman–Crippen LogP) is 1.09. The first-order chi connectivity index (χ1) is 6.77. The maximum atomic E-state index is 11.7. The van der Waals surface area contributed by atoms with Gasteiger partial charge in [-0.3, -0.25) is 9.69 Å². The van der Waals surface area contributed by atoms with Gasteiger partial charge in [-0.15, -0.1) is 0 Å². The fourth-order valence-electron chi connectivity index (χ4n) is 2.59. The summed E-state index contributed by atoms with van der Waals surface area (Å²) < 4.78 is 0. The first-order valence-electron chi connectivity index (χ1n) is 5.75. The molecule has 0 aromatic rings. The van der Waals surface area contributed by atoms with E-state index in [2.05, 4.69) is 4.90 Å². The molecule has 0 unspecified atom stereocenters. The number of nitrogens with zero attached hydrogens (tertiary/aromatic N) is 2. The lowest BCUT2D eigenvalue weighted by atomic mass is 10.2. The van der Waals surface area contributed by atoms with Crippen LogP contribution >= 0.6 is 0 Å². The molecule has 2 rings (SSSR count). The Morgan fingerprint density at radius 1 is 1.14 bits per heavy atom. The van der Waals surface area contributed by atoms with Gasteiger partial charge in [-0.25, -0.2) is 0 Å². The van der Waals surface area contributed by atoms with Gasteiger partial charge in [0.15, 0.2) is 0 Å². The standard InChI is InChI=1S/C11H20N2O/c1-12-7-4-8-13(9-11(12)14)10-5-2-3-6-10/h10H,2-9H2,1H3. The van der Waals surface area contributed by atoms with Crippen LogP contribution in [-0.4, -0.2) is 48.4 Å². The second-order valence-corrected chi connectivity index (χ2v) is 4.58. The van der Waals surface area contributed by atoms with E-state index in [1.165, 1.54) is 25.7 Å². The minimum absolute atomic E-state index is 0.300. The van der Waals surface area contributed by atoms with Crippen LogP contribution in [0.5, 0.6) is 0 Å². The lowest BCUT2D eigenvalue weighted by Crippen LogP contribution is -2.39. The van der Waals surface area contributed by atoms with Crippen molar-refractivity contribution < 1.29 is 4.79 Å². The van der Waals surface area contributed by atoms with E-state index in [1.54, 1.807) is 0 Å². The Bertz CT molecular complexity index is 211. The largest absolute Gasteiger partial charge is 0.345 e. The minimum atomic E-state index is 0.300.